The van der Waals surface area contributed by atoms with Crippen LogP contribution in [0.5, 0.6) is 0 Å². The van der Waals surface area contributed by atoms with E-state index in [-0.39, 0.29) is 0 Å². The Morgan fingerprint density at radius 2 is 2.33 bits per heavy atom. The second-order valence-corrected chi connectivity index (χ2v) is 5.26. The van der Waals surface area contributed by atoms with Gasteiger partial charge in [-0.15, -0.1) is 0 Å². The second kappa shape index (κ2) is 5.03. The molecule has 1 fully saturated rings. The van der Waals surface area contributed by atoms with E-state index in [9.17, 15) is 0 Å². The third-order valence-electron chi connectivity index (χ3n) is 2.70. The Morgan fingerprint density at radius 3 is 3.00 bits per heavy atom. The molecule has 15 heavy (non-hydrogen) atoms. The first-order chi connectivity index (χ1) is 7.28. The zero-order valence-corrected chi connectivity index (χ0v) is 10.2. The molecule has 0 aromatic carbocycles. The zero-order valence-electron chi connectivity index (χ0n) is 8.61. The summed E-state index contributed by atoms with van der Waals surface area (Å²) in [5.41, 5.74) is 0. The number of hydrogen-bond acceptors (Lipinski definition) is 4. The van der Waals surface area contributed by atoms with Crippen molar-refractivity contribution >= 4 is 29.2 Å². The van der Waals surface area contributed by atoms with Gasteiger partial charge in [0.25, 0.3) is 0 Å². The van der Waals surface area contributed by atoms with E-state index in [1.165, 1.54) is 25.6 Å². The van der Waals surface area contributed by atoms with Crippen molar-refractivity contribution in [1.29, 1.82) is 0 Å². The molecule has 5 heteroatoms. The van der Waals surface area contributed by atoms with Gasteiger partial charge in [-0.2, -0.15) is 11.8 Å². The number of nitrogens with zero attached hydrogens (tertiary/aromatic N) is 2. The van der Waals surface area contributed by atoms with E-state index < -0.39 is 0 Å². The molecule has 0 amide bonds. The third kappa shape index (κ3) is 2.98. The average molecular weight is 244 g/mol. The number of halogens is 1. The molecule has 1 aromatic heterocycles. The summed E-state index contributed by atoms with van der Waals surface area (Å²) in [5.74, 6) is 0.835. The van der Waals surface area contributed by atoms with Gasteiger partial charge in [-0.05, 0) is 25.5 Å². The summed E-state index contributed by atoms with van der Waals surface area (Å²) in [4.78, 5) is 8.00. The molecule has 82 valence electrons. The Hall–Kier alpha value is -0.480. The van der Waals surface area contributed by atoms with E-state index in [0.29, 0.717) is 11.2 Å². The van der Waals surface area contributed by atoms with Crippen molar-refractivity contribution in [2.75, 3.05) is 11.6 Å². The third-order valence-corrected chi connectivity index (χ3v) is 4.01. The van der Waals surface area contributed by atoms with Crippen LogP contribution in [0, 0.1) is 0 Å². The Labute approximate surface area is 99.0 Å². The van der Waals surface area contributed by atoms with Gasteiger partial charge in [-0.1, -0.05) is 11.6 Å². The topological polar surface area (TPSA) is 37.8 Å². The van der Waals surface area contributed by atoms with Gasteiger partial charge in [0.05, 0.1) is 0 Å². The van der Waals surface area contributed by atoms with E-state index in [1.54, 1.807) is 6.07 Å². The molecule has 0 aliphatic heterocycles. The first kappa shape index (κ1) is 11.0. The van der Waals surface area contributed by atoms with Gasteiger partial charge in [-0.25, -0.2) is 9.97 Å². The maximum atomic E-state index is 5.79. The van der Waals surface area contributed by atoms with Crippen molar-refractivity contribution in [1.82, 2.24) is 9.97 Å². The molecule has 1 N–H and O–H groups in total. The summed E-state index contributed by atoms with van der Waals surface area (Å²) in [6, 6.07) is 2.31. The van der Waals surface area contributed by atoms with Gasteiger partial charge in [0.15, 0.2) is 0 Å². The first-order valence-corrected chi connectivity index (χ1v) is 6.71. The van der Waals surface area contributed by atoms with Crippen molar-refractivity contribution < 1.29 is 0 Å². The highest BCUT2D eigenvalue weighted by Crippen LogP contribution is 2.29. The predicted octanol–water partition coefficient (Wildman–Crippen LogP) is 2.83. The van der Waals surface area contributed by atoms with E-state index in [1.807, 2.05) is 11.8 Å². The molecule has 2 unspecified atom stereocenters. The number of thioether (sulfide) groups is 1. The Kier molecular flexibility index (Phi) is 3.70. The molecule has 1 aliphatic carbocycles. The highest BCUT2D eigenvalue weighted by Gasteiger charge is 2.23. The van der Waals surface area contributed by atoms with Crippen LogP contribution in [0.25, 0.3) is 0 Å². The molecular weight excluding hydrogens is 230 g/mol. The number of hydrogen-bond donors (Lipinski definition) is 1. The highest BCUT2D eigenvalue weighted by atomic mass is 35.5. The van der Waals surface area contributed by atoms with E-state index in [2.05, 4.69) is 21.5 Å². The van der Waals surface area contributed by atoms with Crippen LogP contribution in [0.3, 0.4) is 0 Å². The number of nitrogens with one attached hydrogen (secondary N) is 1. The molecule has 2 rings (SSSR count). The average Bonchev–Trinajstić information content (AvgIpc) is 2.65. The molecule has 2 atom stereocenters. The van der Waals surface area contributed by atoms with Crippen LogP contribution in [0.4, 0.5) is 5.82 Å². The van der Waals surface area contributed by atoms with E-state index >= 15 is 0 Å². The lowest BCUT2D eigenvalue weighted by atomic mass is 10.2. The lowest BCUT2D eigenvalue weighted by molar-refractivity contribution is 0.751. The summed E-state index contributed by atoms with van der Waals surface area (Å²) in [7, 11) is 0. The van der Waals surface area contributed by atoms with Crippen molar-refractivity contribution in [2.45, 2.75) is 30.6 Å². The van der Waals surface area contributed by atoms with E-state index in [4.69, 9.17) is 11.6 Å². The first-order valence-electron chi connectivity index (χ1n) is 5.05. The Bertz CT molecular complexity index is 334. The molecule has 0 saturated heterocycles. The molecule has 0 spiro atoms. The molecule has 1 heterocycles. The molecule has 3 nitrogen and oxygen atoms in total. The molecule has 0 bridgehead atoms. The lowest BCUT2D eigenvalue weighted by Crippen LogP contribution is -2.16. The van der Waals surface area contributed by atoms with Crippen LogP contribution in [-0.2, 0) is 0 Å². The minimum absolute atomic E-state index is 0.493. The van der Waals surface area contributed by atoms with Gasteiger partial charge >= 0.3 is 0 Å². The van der Waals surface area contributed by atoms with Gasteiger partial charge in [0.2, 0.25) is 0 Å². The van der Waals surface area contributed by atoms with Crippen LogP contribution in [0.2, 0.25) is 5.15 Å². The maximum absolute atomic E-state index is 5.79. The SMILES string of the molecule is CSC1CCC(Nc2cc(Cl)ncn2)C1. The Morgan fingerprint density at radius 1 is 1.47 bits per heavy atom. The fourth-order valence-electron chi connectivity index (χ4n) is 1.91. The number of anilines is 1. The summed E-state index contributed by atoms with van der Waals surface area (Å²) >= 11 is 7.74. The summed E-state index contributed by atoms with van der Waals surface area (Å²) in [6.07, 6.45) is 7.38. The summed E-state index contributed by atoms with van der Waals surface area (Å²) in [6.45, 7) is 0. The van der Waals surface area contributed by atoms with Crippen molar-refractivity contribution in [3.63, 3.8) is 0 Å². The van der Waals surface area contributed by atoms with Crippen LogP contribution in [-0.4, -0.2) is 27.5 Å². The fourth-order valence-corrected chi connectivity index (χ4v) is 2.85. The molecule has 1 aromatic rings. The van der Waals surface area contributed by atoms with Crippen molar-refractivity contribution in [2.24, 2.45) is 0 Å². The second-order valence-electron chi connectivity index (χ2n) is 3.74. The monoisotopic (exact) mass is 243 g/mol. The van der Waals surface area contributed by atoms with Gasteiger partial charge in [0, 0.05) is 17.4 Å². The zero-order chi connectivity index (χ0) is 10.7. The van der Waals surface area contributed by atoms with Crippen molar-refractivity contribution in [3.05, 3.63) is 17.5 Å². The number of rotatable bonds is 3. The maximum Gasteiger partial charge on any atom is 0.134 e. The fraction of sp³-hybridized carbons (Fsp3) is 0.600. The normalized spacial score (nSPS) is 25.5. The predicted molar refractivity (Wildman–Crippen MR) is 65.6 cm³/mol. The smallest absolute Gasteiger partial charge is 0.134 e. The van der Waals surface area contributed by atoms with Crippen molar-refractivity contribution in [3.8, 4) is 0 Å². The highest BCUT2D eigenvalue weighted by molar-refractivity contribution is 7.99. The standard InChI is InChI=1S/C10H14ClN3S/c1-15-8-3-2-7(4-8)14-10-5-9(11)12-6-13-10/h5-8H,2-4H2,1H3,(H,12,13,14). The van der Waals surface area contributed by atoms with Gasteiger partial charge < -0.3 is 5.32 Å². The largest absolute Gasteiger partial charge is 0.367 e. The van der Waals surface area contributed by atoms with Crippen LogP contribution in [0.1, 0.15) is 19.3 Å². The van der Waals surface area contributed by atoms with E-state index in [0.717, 1.165) is 11.1 Å². The number of aromatic nitrogens is 2. The molecule has 1 saturated carbocycles. The van der Waals surface area contributed by atoms with Crippen LogP contribution < -0.4 is 5.32 Å². The quantitative estimate of drug-likeness (QED) is 0.829. The van der Waals surface area contributed by atoms with Crippen LogP contribution in [0.15, 0.2) is 12.4 Å². The molecule has 0 radical (unpaired) electrons. The van der Waals surface area contributed by atoms with Gasteiger partial charge in [0.1, 0.15) is 17.3 Å². The van der Waals surface area contributed by atoms with Gasteiger partial charge in [-0.3, -0.25) is 0 Å². The summed E-state index contributed by atoms with van der Waals surface area (Å²) < 4.78 is 0. The minimum atomic E-state index is 0.493. The summed E-state index contributed by atoms with van der Waals surface area (Å²) in [5, 5.41) is 4.68. The molecule has 1 aliphatic rings. The Balaban J connectivity index is 1.92. The lowest BCUT2D eigenvalue weighted by Gasteiger charge is -2.12. The van der Waals surface area contributed by atoms with Crippen LogP contribution >= 0.6 is 23.4 Å². The molecular formula is C10H14ClN3S. The minimum Gasteiger partial charge on any atom is -0.367 e.